The molecule has 0 saturated carbocycles. The van der Waals surface area contributed by atoms with E-state index in [9.17, 15) is 9.59 Å². The molecule has 0 fully saturated rings. The lowest BCUT2D eigenvalue weighted by Crippen LogP contribution is -2.28. The van der Waals surface area contributed by atoms with Crippen molar-refractivity contribution in [1.29, 1.82) is 0 Å². The molecule has 1 amide bonds. The van der Waals surface area contributed by atoms with Crippen LogP contribution in [0.25, 0.3) is 11.1 Å². The number of carbonyl (C=O) groups is 2. The Kier molecular flexibility index (Phi) is 5.31. The van der Waals surface area contributed by atoms with Crippen LogP contribution < -0.4 is 5.32 Å². The highest BCUT2D eigenvalue weighted by Gasteiger charge is 2.28. The van der Waals surface area contributed by atoms with Crippen molar-refractivity contribution >= 4 is 23.4 Å². The van der Waals surface area contributed by atoms with Crippen molar-refractivity contribution in [2.45, 2.75) is 19.3 Å². The fraction of sp³-hybridized carbons (Fsp3) is 0.227. The fourth-order valence-electron chi connectivity index (χ4n) is 3.68. The molecular formula is C22H20N2O4S. The summed E-state index contributed by atoms with van der Waals surface area (Å²) in [5, 5.41) is 12.5. The molecule has 0 bridgehead atoms. The maximum absolute atomic E-state index is 12.1. The van der Waals surface area contributed by atoms with Gasteiger partial charge in [0.25, 0.3) is 0 Å². The molecule has 0 atom stereocenters. The lowest BCUT2D eigenvalue weighted by Gasteiger charge is -2.14. The predicted molar refractivity (Wildman–Crippen MR) is 111 cm³/mol. The van der Waals surface area contributed by atoms with Gasteiger partial charge in [0.2, 0.25) is 0 Å². The molecule has 7 heteroatoms. The topological polar surface area (TPSA) is 88.5 Å². The number of benzene rings is 2. The second kappa shape index (κ2) is 8.05. The number of amides is 1. The Bertz CT molecular complexity index is 1030. The molecule has 29 heavy (non-hydrogen) atoms. The van der Waals surface area contributed by atoms with Crippen molar-refractivity contribution in [2.75, 3.05) is 13.2 Å². The van der Waals surface area contributed by atoms with Crippen molar-refractivity contribution < 1.29 is 19.4 Å². The third-order valence-electron chi connectivity index (χ3n) is 5.00. The van der Waals surface area contributed by atoms with Gasteiger partial charge in [-0.05, 0) is 29.2 Å². The quantitative estimate of drug-likeness (QED) is 0.637. The molecule has 6 nitrogen and oxygen atoms in total. The fourth-order valence-corrected chi connectivity index (χ4v) is 4.60. The summed E-state index contributed by atoms with van der Waals surface area (Å²) in [5.41, 5.74) is 4.78. The molecule has 0 aliphatic heterocycles. The molecular weight excluding hydrogens is 388 g/mol. The Morgan fingerprint density at radius 3 is 2.31 bits per heavy atom. The maximum Gasteiger partial charge on any atom is 0.407 e. The normalized spacial score (nSPS) is 12.3. The third-order valence-corrected chi connectivity index (χ3v) is 6.03. The van der Waals surface area contributed by atoms with Crippen molar-refractivity contribution in [3.05, 3.63) is 75.2 Å². The monoisotopic (exact) mass is 408 g/mol. The van der Waals surface area contributed by atoms with Crippen LogP contribution in [-0.4, -0.2) is 35.3 Å². The van der Waals surface area contributed by atoms with Crippen LogP contribution in [0.2, 0.25) is 0 Å². The number of fused-ring (bicyclic) bond motifs is 3. The van der Waals surface area contributed by atoms with Gasteiger partial charge >= 0.3 is 12.1 Å². The molecule has 2 aromatic carbocycles. The minimum atomic E-state index is -1.03. The van der Waals surface area contributed by atoms with Crippen LogP contribution in [0.3, 0.4) is 0 Å². The minimum absolute atomic E-state index is 0.0212. The summed E-state index contributed by atoms with van der Waals surface area (Å²) < 4.78 is 5.48. The average molecular weight is 408 g/mol. The summed E-state index contributed by atoms with van der Waals surface area (Å²) in [4.78, 5) is 28.0. The minimum Gasteiger partial charge on any atom is -0.476 e. The number of carboxylic acids is 1. The largest absolute Gasteiger partial charge is 0.476 e. The molecule has 0 saturated heterocycles. The van der Waals surface area contributed by atoms with Crippen molar-refractivity contribution in [3.8, 4) is 11.1 Å². The van der Waals surface area contributed by atoms with Crippen molar-refractivity contribution in [3.63, 3.8) is 0 Å². The number of aromatic nitrogens is 1. The molecule has 0 radical (unpaired) electrons. The number of rotatable bonds is 6. The zero-order chi connectivity index (χ0) is 20.4. The highest BCUT2D eigenvalue weighted by Crippen LogP contribution is 2.44. The Morgan fingerprint density at radius 2 is 1.72 bits per heavy atom. The first-order chi connectivity index (χ1) is 14.0. The van der Waals surface area contributed by atoms with Gasteiger partial charge in [-0.15, -0.1) is 11.3 Å². The number of nitrogens with zero attached hydrogens (tertiary/aromatic N) is 1. The van der Waals surface area contributed by atoms with E-state index in [2.05, 4.69) is 34.6 Å². The first-order valence-electron chi connectivity index (χ1n) is 9.33. The predicted octanol–water partition coefficient (Wildman–Crippen LogP) is 4.23. The first kappa shape index (κ1) is 19.1. The number of carbonyl (C=O) groups excluding carboxylic acids is 1. The van der Waals surface area contributed by atoms with Gasteiger partial charge in [0.05, 0.1) is 5.01 Å². The molecule has 1 heterocycles. The lowest BCUT2D eigenvalue weighted by molar-refractivity contribution is 0.0690. The van der Waals surface area contributed by atoms with Crippen molar-refractivity contribution in [1.82, 2.24) is 10.3 Å². The second-order valence-electron chi connectivity index (χ2n) is 6.82. The number of alkyl carbamates (subject to hydrolysis) is 1. The Morgan fingerprint density at radius 1 is 1.10 bits per heavy atom. The number of carboxylic acid groups (broad SMARTS) is 1. The van der Waals surface area contributed by atoms with Crippen LogP contribution in [0.5, 0.6) is 0 Å². The van der Waals surface area contributed by atoms with E-state index in [4.69, 9.17) is 9.84 Å². The van der Waals surface area contributed by atoms with Gasteiger partial charge < -0.3 is 15.2 Å². The first-order valence-corrected chi connectivity index (χ1v) is 10.1. The zero-order valence-corrected chi connectivity index (χ0v) is 16.7. The molecule has 148 valence electrons. The van der Waals surface area contributed by atoms with Gasteiger partial charge in [-0.2, -0.15) is 0 Å². The number of nitrogens with one attached hydrogen (secondary N) is 1. The Hall–Kier alpha value is -3.19. The second-order valence-corrected chi connectivity index (χ2v) is 8.11. The number of hydrogen-bond acceptors (Lipinski definition) is 5. The number of aromatic carboxylic acids is 1. The SMILES string of the molecule is Cc1sc(CCNC(=O)OCC2c3ccccc3-c3ccccc32)nc1C(=O)O. The van der Waals surface area contributed by atoms with E-state index in [1.54, 1.807) is 6.92 Å². The molecule has 0 spiro atoms. The van der Waals surface area contributed by atoms with E-state index in [-0.39, 0.29) is 18.2 Å². The van der Waals surface area contributed by atoms with E-state index < -0.39 is 12.1 Å². The highest BCUT2D eigenvalue weighted by molar-refractivity contribution is 7.11. The van der Waals surface area contributed by atoms with E-state index in [1.165, 1.54) is 33.6 Å². The van der Waals surface area contributed by atoms with E-state index >= 15 is 0 Å². The Balaban J connectivity index is 1.33. The van der Waals surface area contributed by atoms with Crippen LogP contribution in [0, 0.1) is 6.92 Å². The molecule has 4 rings (SSSR count). The molecule has 2 N–H and O–H groups in total. The zero-order valence-electron chi connectivity index (χ0n) is 15.8. The third kappa shape index (κ3) is 3.86. The molecule has 1 aromatic heterocycles. The summed E-state index contributed by atoms with van der Waals surface area (Å²) in [6.45, 7) is 2.33. The standard InChI is InChI=1S/C22H20N2O4S/c1-13-20(21(25)26)24-19(29-13)10-11-23-22(27)28-12-18-16-8-4-2-6-14(16)15-7-3-5-9-17(15)18/h2-9,18H,10-12H2,1H3,(H,23,27)(H,25,26). The van der Waals surface area contributed by atoms with Crippen LogP contribution >= 0.6 is 11.3 Å². The van der Waals surface area contributed by atoms with E-state index in [0.29, 0.717) is 22.9 Å². The number of aryl methyl sites for hydroxylation is 1. The highest BCUT2D eigenvalue weighted by atomic mass is 32.1. The van der Waals surface area contributed by atoms with Crippen LogP contribution in [0.15, 0.2) is 48.5 Å². The molecule has 1 aliphatic rings. The summed E-state index contributed by atoms with van der Waals surface area (Å²) in [7, 11) is 0. The van der Waals surface area contributed by atoms with Gasteiger partial charge in [-0.1, -0.05) is 48.5 Å². The van der Waals surface area contributed by atoms with Crippen LogP contribution in [0.4, 0.5) is 4.79 Å². The summed E-state index contributed by atoms with van der Waals surface area (Å²) >= 11 is 1.33. The van der Waals surface area contributed by atoms with Gasteiger partial charge in [0, 0.05) is 23.8 Å². The van der Waals surface area contributed by atoms with Gasteiger partial charge in [0.15, 0.2) is 5.69 Å². The summed E-state index contributed by atoms with van der Waals surface area (Å²) in [6.07, 6.45) is -0.0261. The van der Waals surface area contributed by atoms with E-state index in [1.807, 2.05) is 24.3 Å². The van der Waals surface area contributed by atoms with Crippen molar-refractivity contribution in [2.24, 2.45) is 0 Å². The van der Waals surface area contributed by atoms with Crippen LogP contribution in [0.1, 0.15) is 37.4 Å². The molecule has 0 unspecified atom stereocenters. The maximum atomic E-state index is 12.1. The lowest BCUT2D eigenvalue weighted by atomic mass is 9.98. The summed E-state index contributed by atoms with van der Waals surface area (Å²) in [5.74, 6) is -1.01. The van der Waals surface area contributed by atoms with Crippen LogP contribution in [-0.2, 0) is 11.2 Å². The number of hydrogen-bond donors (Lipinski definition) is 2. The smallest absolute Gasteiger partial charge is 0.407 e. The van der Waals surface area contributed by atoms with Gasteiger partial charge in [-0.3, -0.25) is 0 Å². The number of ether oxygens (including phenoxy) is 1. The molecule has 1 aliphatic carbocycles. The average Bonchev–Trinajstić information content (AvgIpc) is 3.24. The molecule has 3 aromatic rings. The Labute approximate surface area is 172 Å². The van der Waals surface area contributed by atoms with Gasteiger partial charge in [0.1, 0.15) is 6.61 Å². The summed E-state index contributed by atoms with van der Waals surface area (Å²) in [6, 6.07) is 16.4. The van der Waals surface area contributed by atoms with E-state index in [0.717, 1.165) is 0 Å². The van der Waals surface area contributed by atoms with Gasteiger partial charge in [-0.25, -0.2) is 14.6 Å². The number of thiazole rings is 1.